The van der Waals surface area contributed by atoms with Crippen LogP contribution < -0.4 is 10.6 Å². The van der Waals surface area contributed by atoms with Crippen LogP contribution in [0, 0.1) is 0 Å². The van der Waals surface area contributed by atoms with Gasteiger partial charge in [-0.3, -0.25) is 19.3 Å². The van der Waals surface area contributed by atoms with Gasteiger partial charge in [-0.15, -0.1) is 0 Å². The third-order valence-electron chi connectivity index (χ3n) is 4.45. The van der Waals surface area contributed by atoms with E-state index in [1.54, 1.807) is 10.9 Å². The SMILES string of the molecule is O=C(N[C@H]1Cc2c(C(=O)NCc3ccccc3)cnn2C1)c1cnccn1. The summed E-state index contributed by atoms with van der Waals surface area (Å²) in [5.74, 6) is -0.449. The lowest BCUT2D eigenvalue weighted by Crippen LogP contribution is -2.36. The lowest BCUT2D eigenvalue weighted by atomic mass is 10.1. The van der Waals surface area contributed by atoms with Crippen molar-refractivity contribution in [1.82, 2.24) is 30.4 Å². The smallest absolute Gasteiger partial charge is 0.271 e. The van der Waals surface area contributed by atoms with Crippen molar-refractivity contribution in [3.05, 3.63) is 77.6 Å². The van der Waals surface area contributed by atoms with E-state index in [9.17, 15) is 9.59 Å². The summed E-state index contributed by atoms with van der Waals surface area (Å²) < 4.78 is 1.76. The first-order valence-corrected chi connectivity index (χ1v) is 8.64. The van der Waals surface area contributed by atoms with Crippen LogP contribution >= 0.6 is 0 Å². The summed E-state index contributed by atoms with van der Waals surface area (Å²) in [5, 5.41) is 10.1. The van der Waals surface area contributed by atoms with Gasteiger partial charge in [-0.05, 0) is 5.56 Å². The highest BCUT2D eigenvalue weighted by Gasteiger charge is 2.29. The van der Waals surface area contributed by atoms with Crippen molar-refractivity contribution in [2.45, 2.75) is 25.6 Å². The molecule has 27 heavy (non-hydrogen) atoms. The fourth-order valence-electron chi connectivity index (χ4n) is 3.13. The average molecular weight is 362 g/mol. The van der Waals surface area contributed by atoms with Gasteiger partial charge in [0.1, 0.15) is 5.69 Å². The topological polar surface area (TPSA) is 102 Å². The van der Waals surface area contributed by atoms with E-state index in [1.807, 2.05) is 30.3 Å². The largest absolute Gasteiger partial charge is 0.348 e. The molecule has 0 aliphatic carbocycles. The third-order valence-corrected chi connectivity index (χ3v) is 4.45. The molecule has 2 aromatic heterocycles. The molecule has 0 spiro atoms. The van der Waals surface area contributed by atoms with Crippen LogP contribution in [0.5, 0.6) is 0 Å². The zero-order valence-corrected chi connectivity index (χ0v) is 14.5. The van der Waals surface area contributed by atoms with Crippen molar-refractivity contribution in [2.24, 2.45) is 0 Å². The second kappa shape index (κ2) is 7.36. The molecule has 0 saturated carbocycles. The van der Waals surface area contributed by atoms with Gasteiger partial charge < -0.3 is 10.6 Å². The minimum absolute atomic E-state index is 0.135. The molecule has 136 valence electrons. The van der Waals surface area contributed by atoms with Crippen molar-refractivity contribution < 1.29 is 9.59 Å². The zero-order chi connectivity index (χ0) is 18.6. The van der Waals surface area contributed by atoms with Gasteiger partial charge in [-0.25, -0.2) is 4.98 Å². The van der Waals surface area contributed by atoms with Gasteiger partial charge in [0.2, 0.25) is 0 Å². The molecule has 8 nitrogen and oxygen atoms in total. The first kappa shape index (κ1) is 16.9. The Hall–Kier alpha value is -3.55. The summed E-state index contributed by atoms with van der Waals surface area (Å²) in [4.78, 5) is 32.6. The van der Waals surface area contributed by atoms with Crippen LogP contribution in [0.3, 0.4) is 0 Å². The number of benzene rings is 1. The van der Waals surface area contributed by atoms with Gasteiger partial charge >= 0.3 is 0 Å². The summed E-state index contributed by atoms with van der Waals surface area (Å²) in [6.45, 7) is 0.977. The monoisotopic (exact) mass is 362 g/mol. The summed E-state index contributed by atoms with van der Waals surface area (Å²) in [6.07, 6.45) is 6.54. The number of hydrogen-bond acceptors (Lipinski definition) is 5. The Morgan fingerprint density at radius 1 is 1.11 bits per heavy atom. The fourth-order valence-corrected chi connectivity index (χ4v) is 3.13. The second-order valence-electron chi connectivity index (χ2n) is 6.32. The van der Waals surface area contributed by atoms with Crippen molar-refractivity contribution in [3.63, 3.8) is 0 Å². The summed E-state index contributed by atoms with van der Waals surface area (Å²) >= 11 is 0. The molecule has 8 heteroatoms. The quantitative estimate of drug-likeness (QED) is 0.704. The number of nitrogens with zero attached hydrogens (tertiary/aromatic N) is 4. The van der Waals surface area contributed by atoms with Crippen molar-refractivity contribution >= 4 is 11.8 Å². The van der Waals surface area contributed by atoms with E-state index in [0.717, 1.165) is 11.3 Å². The van der Waals surface area contributed by atoms with E-state index in [-0.39, 0.29) is 23.6 Å². The first-order chi connectivity index (χ1) is 13.2. The number of hydrogen-bond donors (Lipinski definition) is 2. The minimum Gasteiger partial charge on any atom is -0.348 e. The molecule has 3 heterocycles. The summed E-state index contributed by atoms with van der Waals surface area (Å²) in [5.41, 5.74) is 2.67. The molecule has 2 amide bonds. The van der Waals surface area contributed by atoms with Crippen LogP contribution in [0.25, 0.3) is 0 Å². The number of rotatable bonds is 5. The number of carbonyl (C=O) groups excluding carboxylic acids is 2. The standard InChI is InChI=1S/C19H18N6O2/c26-18(22-9-13-4-2-1-3-5-13)15-10-23-25-12-14(8-17(15)25)24-19(27)16-11-20-6-7-21-16/h1-7,10-11,14H,8-9,12H2,(H,22,26)(H,24,27)/t14-/m0/s1. The Balaban J connectivity index is 1.38. The van der Waals surface area contributed by atoms with Crippen LogP contribution in [-0.2, 0) is 19.5 Å². The van der Waals surface area contributed by atoms with Gasteiger partial charge in [0, 0.05) is 25.4 Å². The van der Waals surface area contributed by atoms with Crippen LogP contribution in [0.1, 0.15) is 32.1 Å². The van der Waals surface area contributed by atoms with Crippen molar-refractivity contribution in [3.8, 4) is 0 Å². The number of amides is 2. The Labute approximate surface area is 155 Å². The van der Waals surface area contributed by atoms with E-state index in [0.29, 0.717) is 25.1 Å². The molecular formula is C19H18N6O2. The van der Waals surface area contributed by atoms with Gasteiger partial charge in [-0.2, -0.15) is 5.10 Å². The van der Waals surface area contributed by atoms with Gasteiger partial charge in [0.25, 0.3) is 11.8 Å². The molecule has 1 atom stereocenters. The van der Waals surface area contributed by atoms with Crippen molar-refractivity contribution in [2.75, 3.05) is 0 Å². The molecule has 0 radical (unpaired) electrons. The maximum Gasteiger partial charge on any atom is 0.271 e. The highest BCUT2D eigenvalue weighted by atomic mass is 16.2. The number of aromatic nitrogens is 4. The van der Waals surface area contributed by atoms with Gasteiger partial charge in [0.15, 0.2) is 0 Å². The van der Waals surface area contributed by atoms with Crippen LogP contribution in [0.4, 0.5) is 0 Å². The number of carbonyl (C=O) groups is 2. The average Bonchev–Trinajstić information content (AvgIpc) is 3.27. The fraction of sp³-hybridized carbons (Fsp3) is 0.211. The second-order valence-corrected chi connectivity index (χ2v) is 6.32. The third kappa shape index (κ3) is 3.69. The molecule has 0 bridgehead atoms. The Morgan fingerprint density at radius 3 is 2.74 bits per heavy atom. The van der Waals surface area contributed by atoms with Crippen LogP contribution in [-0.4, -0.2) is 37.6 Å². The predicted molar refractivity (Wildman–Crippen MR) is 96.8 cm³/mol. The van der Waals surface area contributed by atoms with E-state index in [4.69, 9.17) is 0 Å². The molecule has 1 aromatic carbocycles. The Morgan fingerprint density at radius 2 is 1.96 bits per heavy atom. The highest BCUT2D eigenvalue weighted by Crippen LogP contribution is 2.19. The highest BCUT2D eigenvalue weighted by molar-refractivity contribution is 5.95. The molecule has 4 rings (SSSR count). The zero-order valence-electron chi connectivity index (χ0n) is 14.5. The van der Waals surface area contributed by atoms with E-state index in [2.05, 4.69) is 25.7 Å². The summed E-state index contributed by atoms with van der Waals surface area (Å²) in [6, 6.07) is 9.59. The molecular weight excluding hydrogens is 344 g/mol. The maximum absolute atomic E-state index is 12.5. The molecule has 1 aliphatic rings. The normalized spacial score (nSPS) is 15.2. The van der Waals surface area contributed by atoms with Crippen molar-refractivity contribution in [1.29, 1.82) is 0 Å². The lowest BCUT2D eigenvalue weighted by molar-refractivity contribution is 0.0929. The maximum atomic E-state index is 12.5. The molecule has 2 N–H and O–H groups in total. The molecule has 1 aliphatic heterocycles. The van der Waals surface area contributed by atoms with E-state index >= 15 is 0 Å². The number of fused-ring (bicyclic) bond motifs is 1. The van der Waals surface area contributed by atoms with Gasteiger partial charge in [0.05, 0.1) is 36.2 Å². The molecule has 3 aromatic rings. The van der Waals surface area contributed by atoms with Crippen LogP contribution in [0.15, 0.2) is 55.1 Å². The predicted octanol–water partition coefficient (Wildman–Crippen LogP) is 0.958. The molecule has 0 unspecified atom stereocenters. The van der Waals surface area contributed by atoms with E-state index in [1.165, 1.54) is 18.6 Å². The molecule has 0 fully saturated rings. The summed E-state index contributed by atoms with van der Waals surface area (Å²) in [7, 11) is 0. The van der Waals surface area contributed by atoms with Gasteiger partial charge in [-0.1, -0.05) is 30.3 Å². The number of nitrogens with one attached hydrogen (secondary N) is 2. The lowest BCUT2D eigenvalue weighted by Gasteiger charge is -2.11. The van der Waals surface area contributed by atoms with E-state index < -0.39 is 0 Å². The van der Waals surface area contributed by atoms with Crippen LogP contribution in [0.2, 0.25) is 0 Å². The Kier molecular flexibility index (Phi) is 4.61. The molecule has 0 saturated heterocycles. The Bertz CT molecular complexity index is 955. The minimum atomic E-state index is -0.283. The first-order valence-electron chi connectivity index (χ1n) is 8.64.